The molecule has 0 amide bonds. The molecule has 8 heteroatoms. The van der Waals surface area contributed by atoms with E-state index in [0.29, 0.717) is 0 Å². The molecule has 0 bridgehead atoms. The van der Waals surface area contributed by atoms with Gasteiger partial charge in [-0.05, 0) is 34.8 Å². The molecule has 0 spiro atoms. The molecule has 145 valence electrons. The van der Waals surface area contributed by atoms with E-state index in [1.54, 1.807) is 0 Å². The first-order valence-electron chi connectivity index (χ1n) is 8.91. The van der Waals surface area contributed by atoms with Crippen molar-refractivity contribution in [1.82, 2.24) is 0 Å². The number of rotatable bonds is 5. The highest BCUT2D eigenvalue weighted by molar-refractivity contribution is 5.94. The highest BCUT2D eigenvalue weighted by Gasteiger charge is 2.39. The summed E-state index contributed by atoms with van der Waals surface area (Å²) in [5, 5.41) is 22.6. The zero-order valence-corrected chi connectivity index (χ0v) is 15.1. The van der Waals surface area contributed by atoms with Gasteiger partial charge >= 0.3 is 5.97 Å². The Morgan fingerprint density at radius 1 is 0.966 bits per heavy atom. The van der Waals surface area contributed by atoms with Crippen LogP contribution in [-0.2, 0) is 9.53 Å². The van der Waals surface area contributed by atoms with Crippen molar-refractivity contribution in [2.45, 2.75) is 12.3 Å². The summed E-state index contributed by atoms with van der Waals surface area (Å²) in [7, 11) is 0. The van der Waals surface area contributed by atoms with Gasteiger partial charge in [0.1, 0.15) is 6.61 Å². The molecule has 2 aliphatic carbocycles. The lowest BCUT2D eigenvalue weighted by Gasteiger charge is -2.15. The lowest BCUT2D eigenvalue weighted by Crippen LogP contribution is -2.23. The maximum Gasteiger partial charge on any atom is 0.351 e. The summed E-state index contributed by atoms with van der Waals surface area (Å²) in [5.74, 6) is -1.32. The number of carbonyl (C=O) groups is 1. The van der Waals surface area contributed by atoms with Crippen LogP contribution in [0.25, 0.3) is 11.1 Å². The number of hydrogen-bond acceptors (Lipinski definition) is 6. The van der Waals surface area contributed by atoms with Crippen LogP contribution in [0.4, 0.5) is 0 Å². The lowest BCUT2D eigenvalue weighted by atomic mass is 9.97. The summed E-state index contributed by atoms with van der Waals surface area (Å²) in [4.78, 5) is 33.6. The highest BCUT2D eigenvalue weighted by atomic mass is 16.6. The van der Waals surface area contributed by atoms with Gasteiger partial charge in [0, 0.05) is 5.92 Å². The monoisotopic (exact) mass is 391 g/mol. The predicted octanol–water partition coefficient (Wildman–Crippen LogP) is 3.64. The molecule has 0 N–H and O–H groups in total. The Bertz CT molecular complexity index is 1060. The van der Waals surface area contributed by atoms with Gasteiger partial charge in [0.2, 0.25) is 5.57 Å². The minimum atomic E-state index is -1.07. The molecule has 2 aromatic rings. The SMILES string of the molecule is O=C(OCC1c2ccccc2-c2ccccc21)C1=C([N+](=O)[O-])[CH]CC=C1[N+](=O)[O-]. The fraction of sp³-hybridized carbons (Fsp3) is 0.143. The number of nitrogens with zero attached hydrogens (tertiary/aromatic N) is 2. The van der Waals surface area contributed by atoms with Gasteiger partial charge in [0.05, 0.1) is 16.3 Å². The Morgan fingerprint density at radius 3 is 2.10 bits per heavy atom. The van der Waals surface area contributed by atoms with Crippen LogP contribution in [-0.4, -0.2) is 22.4 Å². The number of hydrogen-bond donors (Lipinski definition) is 0. The third-order valence-electron chi connectivity index (χ3n) is 5.08. The second kappa shape index (κ2) is 7.31. The quantitative estimate of drug-likeness (QED) is 0.437. The summed E-state index contributed by atoms with van der Waals surface area (Å²) < 4.78 is 5.37. The average Bonchev–Trinajstić information content (AvgIpc) is 3.05. The van der Waals surface area contributed by atoms with E-state index in [1.165, 1.54) is 12.5 Å². The first kappa shape index (κ1) is 18.5. The molecular weight excluding hydrogens is 376 g/mol. The third-order valence-corrected chi connectivity index (χ3v) is 5.08. The second-order valence-corrected chi connectivity index (χ2v) is 6.63. The van der Waals surface area contributed by atoms with Crippen LogP contribution in [0.3, 0.4) is 0 Å². The van der Waals surface area contributed by atoms with Crippen LogP contribution in [0.1, 0.15) is 23.5 Å². The number of esters is 1. The van der Waals surface area contributed by atoms with Gasteiger partial charge in [0.15, 0.2) is 0 Å². The van der Waals surface area contributed by atoms with Gasteiger partial charge in [0.25, 0.3) is 11.4 Å². The van der Waals surface area contributed by atoms with E-state index in [4.69, 9.17) is 4.74 Å². The Kier molecular flexibility index (Phi) is 4.67. The number of allylic oxidation sites excluding steroid dienone is 2. The van der Waals surface area contributed by atoms with E-state index in [-0.39, 0.29) is 18.9 Å². The van der Waals surface area contributed by atoms with Crippen molar-refractivity contribution in [1.29, 1.82) is 0 Å². The number of ether oxygens (including phenoxy) is 1. The van der Waals surface area contributed by atoms with Crippen molar-refractivity contribution in [2.24, 2.45) is 0 Å². The van der Waals surface area contributed by atoms with Crippen LogP contribution in [0.15, 0.2) is 71.6 Å². The summed E-state index contributed by atoms with van der Waals surface area (Å²) >= 11 is 0. The molecule has 0 saturated heterocycles. The smallest absolute Gasteiger partial charge is 0.351 e. The largest absolute Gasteiger partial charge is 0.461 e. The van der Waals surface area contributed by atoms with Crippen molar-refractivity contribution >= 4 is 5.97 Å². The fourth-order valence-corrected chi connectivity index (χ4v) is 3.83. The predicted molar refractivity (Wildman–Crippen MR) is 103 cm³/mol. The maximum absolute atomic E-state index is 12.7. The van der Waals surface area contributed by atoms with Crippen LogP contribution in [0, 0.1) is 26.6 Å². The number of fused-ring (bicyclic) bond motifs is 3. The summed E-state index contributed by atoms with van der Waals surface area (Å²) in [6, 6.07) is 15.4. The topological polar surface area (TPSA) is 113 Å². The minimum Gasteiger partial charge on any atom is -0.461 e. The first-order valence-corrected chi connectivity index (χ1v) is 8.91. The second-order valence-electron chi connectivity index (χ2n) is 6.63. The Balaban J connectivity index is 1.64. The Morgan fingerprint density at radius 2 is 1.55 bits per heavy atom. The fourth-order valence-electron chi connectivity index (χ4n) is 3.83. The van der Waals surface area contributed by atoms with Crippen molar-refractivity contribution in [3.8, 4) is 11.1 Å². The number of nitro groups is 2. The summed E-state index contributed by atoms with van der Waals surface area (Å²) in [6.45, 7) is -0.0770. The van der Waals surface area contributed by atoms with E-state index in [1.807, 2.05) is 48.5 Å². The molecule has 2 aliphatic rings. The number of carbonyl (C=O) groups excluding carboxylic acids is 1. The third kappa shape index (κ3) is 3.18. The summed E-state index contributed by atoms with van der Waals surface area (Å²) in [6.07, 6.45) is 2.35. The standard InChI is InChI=1S/C21H15N2O6/c24-21(20-18(22(25)26)10-5-11-19(20)23(27)28)29-12-17-15-8-3-1-6-13(15)14-7-2-4-9-16(14)17/h1-4,6-11,17H,5,12H2. The highest BCUT2D eigenvalue weighted by Crippen LogP contribution is 2.44. The van der Waals surface area contributed by atoms with E-state index in [9.17, 15) is 25.0 Å². The van der Waals surface area contributed by atoms with E-state index < -0.39 is 32.8 Å². The van der Waals surface area contributed by atoms with Crippen LogP contribution in [0.2, 0.25) is 0 Å². The van der Waals surface area contributed by atoms with Crippen LogP contribution < -0.4 is 0 Å². The number of benzene rings is 2. The molecular formula is C21H15N2O6. The zero-order valence-electron chi connectivity index (χ0n) is 15.1. The normalized spacial score (nSPS) is 15.4. The average molecular weight is 391 g/mol. The van der Waals surface area contributed by atoms with Gasteiger partial charge in [-0.3, -0.25) is 20.2 Å². The van der Waals surface area contributed by atoms with Crippen molar-refractivity contribution in [2.75, 3.05) is 6.61 Å². The molecule has 8 nitrogen and oxygen atoms in total. The van der Waals surface area contributed by atoms with Gasteiger partial charge in [-0.15, -0.1) is 0 Å². The molecule has 29 heavy (non-hydrogen) atoms. The van der Waals surface area contributed by atoms with Crippen molar-refractivity contribution < 1.29 is 19.4 Å². The molecule has 0 aromatic heterocycles. The summed E-state index contributed by atoms with van der Waals surface area (Å²) in [5.41, 5.74) is 2.20. The molecule has 0 atom stereocenters. The van der Waals surface area contributed by atoms with Gasteiger partial charge in [-0.1, -0.05) is 48.5 Å². The molecule has 2 aromatic carbocycles. The van der Waals surface area contributed by atoms with Crippen molar-refractivity contribution in [3.63, 3.8) is 0 Å². The maximum atomic E-state index is 12.7. The molecule has 0 saturated carbocycles. The zero-order chi connectivity index (χ0) is 20.5. The Hall–Kier alpha value is -3.81. The molecule has 1 radical (unpaired) electrons. The molecule has 4 rings (SSSR count). The lowest BCUT2D eigenvalue weighted by molar-refractivity contribution is -0.436. The first-order chi connectivity index (χ1) is 14.0. The van der Waals surface area contributed by atoms with Gasteiger partial charge < -0.3 is 4.74 Å². The van der Waals surface area contributed by atoms with E-state index >= 15 is 0 Å². The molecule has 0 fully saturated rings. The van der Waals surface area contributed by atoms with Gasteiger partial charge in [-0.25, -0.2) is 4.79 Å². The molecule has 0 aliphatic heterocycles. The Labute approximate surface area is 165 Å². The van der Waals surface area contributed by atoms with Crippen molar-refractivity contribution in [3.05, 3.63) is 109 Å². The van der Waals surface area contributed by atoms with E-state index in [0.717, 1.165) is 22.3 Å². The molecule has 0 unspecified atom stereocenters. The van der Waals surface area contributed by atoms with E-state index in [2.05, 4.69) is 0 Å². The van der Waals surface area contributed by atoms with Crippen LogP contribution in [0.5, 0.6) is 0 Å². The van der Waals surface area contributed by atoms with Gasteiger partial charge in [-0.2, -0.15) is 0 Å². The minimum absolute atomic E-state index is 0.00673. The van der Waals surface area contributed by atoms with Crippen LogP contribution >= 0.6 is 0 Å². The molecule has 0 heterocycles.